The zero-order valence-electron chi connectivity index (χ0n) is 8.81. The molecule has 1 saturated carbocycles. The van der Waals surface area contributed by atoms with Gasteiger partial charge in [-0.1, -0.05) is 0 Å². The van der Waals surface area contributed by atoms with Crippen LogP contribution in [0.3, 0.4) is 0 Å². The van der Waals surface area contributed by atoms with E-state index in [0.717, 1.165) is 19.3 Å². The number of rotatable bonds is 3. The quantitative estimate of drug-likeness (QED) is 0.514. The Hall–Kier alpha value is -0.570. The SMILES string of the molecule is CC(C)(C)NC1(NC=O)CCCC1. The van der Waals surface area contributed by atoms with Crippen molar-refractivity contribution in [3.63, 3.8) is 0 Å². The van der Waals surface area contributed by atoms with Gasteiger partial charge in [0.05, 0.1) is 5.66 Å². The van der Waals surface area contributed by atoms with Crippen LogP contribution >= 0.6 is 0 Å². The van der Waals surface area contributed by atoms with Gasteiger partial charge in [-0.2, -0.15) is 0 Å². The fourth-order valence-corrected chi connectivity index (χ4v) is 2.11. The van der Waals surface area contributed by atoms with Crippen LogP contribution in [-0.2, 0) is 4.79 Å². The van der Waals surface area contributed by atoms with Crippen molar-refractivity contribution in [2.75, 3.05) is 0 Å². The van der Waals surface area contributed by atoms with E-state index in [2.05, 4.69) is 31.4 Å². The third kappa shape index (κ3) is 2.99. The minimum absolute atomic E-state index is 0.0559. The highest BCUT2D eigenvalue weighted by Gasteiger charge is 2.35. The van der Waals surface area contributed by atoms with Crippen molar-refractivity contribution in [3.8, 4) is 0 Å². The monoisotopic (exact) mass is 184 g/mol. The van der Waals surface area contributed by atoms with Crippen LogP contribution < -0.4 is 10.6 Å². The molecule has 0 aromatic rings. The van der Waals surface area contributed by atoms with Crippen LogP contribution in [0.1, 0.15) is 46.5 Å². The van der Waals surface area contributed by atoms with Crippen LogP contribution in [0.2, 0.25) is 0 Å². The highest BCUT2D eigenvalue weighted by atomic mass is 16.1. The van der Waals surface area contributed by atoms with E-state index in [4.69, 9.17) is 0 Å². The lowest BCUT2D eigenvalue weighted by atomic mass is 10.0. The summed E-state index contributed by atoms with van der Waals surface area (Å²) >= 11 is 0. The molecule has 3 nitrogen and oxygen atoms in total. The van der Waals surface area contributed by atoms with Crippen molar-refractivity contribution in [1.82, 2.24) is 10.6 Å². The second-order valence-electron chi connectivity index (χ2n) is 4.93. The standard InChI is InChI=1S/C10H20N2O/c1-9(2,3)12-10(11-8-13)6-4-5-7-10/h8,12H,4-7H2,1-3H3,(H,11,13). The number of carbonyl (C=O) groups excluding carboxylic acids is 1. The van der Waals surface area contributed by atoms with Crippen LogP contribution in [-0.4, -0.2) is 17.6 Å². The molecule has 2 N–H and O–H groups in total. The summed E-state index contributed by atoms with van der Waals surface area (Å²) in [6.45, 7) is 6.37. The van der Waals surface area contributed by atoms with Gasteiger partial charge in [-0.15, -0.1) is 0 Å². The molecule has 0 atom stereocenters. The van der Waals surface area contributed by atoms with E-state index in [1.54, 1.807) is 0 Å². The van der Waals surface area contributed by atoms with Gasteiger partial charge >= 0.3 is 0 Å². The van der Waals surface area contributed by atoms with Crippen LogP contribution in [0.25, 0.3) is 0 Å². The van der Waals surface area contributed by atoms with Crippen LogP contribution in [0, 0.1) is 0 Å². The molecule has 0 aromatic heterocycles. The van der Waals surface area contributed by atoms with Crippen molar-refractivity contribution >= 4 is 6.41 Å². The summed E-state index contributed by atoms with van der Waals surface area (Å²) in [6, 6.07) is 0. The number of nitrogens with one attached hydrogen (secondary N) is 2. The molecule has 1 fully saturated rings. The lowest BCUT2D eigenvalue weighted by molar-refractivity contribution is -0.111. The largest absolute Gasteiger partial charge is 0.341 e. The molecule has 13 heavy (non-hydrogen) atoms. The number of amides is 1. The Morgan fingerprint density at radius 3 is 2.15 bits per heavy atom. The minimum atomic E-state index is -0.139. The molecule has 0 unspecified atom stereocenters. The molecular formula is C10H20N2O. The first-order valence-corrected chi connectivity index (χ1v) is 4.98. The zero-order valence-corrected chi connectivity index (χ0v) is 8.81. The number of carbonyl (C=O) groups is 1. The molecule has 0 radical (unpaired) electrons. The van der Waals surface area contributed by atoms with Gasteiger partial charge in [0, 0.05) is 5.54 Å². The van der Waals surface area contributed by atoms with Gasteiger partial charge in [0.15, 0.2) is 0 Å². The van der Waals surface area contributed by atoms with Crippen molar-refractivity contribution < 1.29 is 4.79 Å². The smallest absolute Gasteiger partial charge is 0.208 e. The highest BCUT2D eigenvalue weighted by molar-refractivity contribution is 5.48. The molecule has 1 aliphatic carbocycles. The predicted octanol–water partition coefficient (Wildman–Crippen LogP) is 1.39. The van der Waals surface area contributed by atoms with Crippen molar-refractivity contribution in [2.45, 2.75) is 57.7 Å². The van der Waals surface area contributed by atoms with Gasteiger partial charge < -0.3 is 5.32 Å². The molecule has 1 aliphatic rings. The van der Waals surface area contributed by atoms with E-state index >= 15 is 0 Å². The van der Waals surface area contributed by atoms with Gasteiger partial charge in [0.1, 0.15) is 0 Å². The molecule has 0 aromatic carbocycles. The summed E-state index contributed by atoms with van der Waals surface area (Å²) in [6.07, 6.45) is 5.30. The van der Waals surface area contributed by atoms with Gasteiger partial charge in [-0.25, -0.2) is 0 Å². The molecule has 76 valence electrons. The third-order valence-electron chi connectivity index (χ3n) is 2.41. The van der Waals surface area contributed by atoms with Crippen LogP contribution in [0.15, 0.2) is 0 Å². The summed E-state index contributed by atoms with van der Waals surface area (Å²) in [5.74, 6) is 0. The first-order chi connectivity index (χ1) is 5.97. The van der Waals surface area contributed by atoms with Crippen molar-refractivity contribution in [2.24, 2.45) is 0 Å². The Kier molecular flexibility index (Phi) is 2.96. The Morgan fingerprint density at radius 2 is 1.77 bits per heavy atom. The van der Waals surface area contributed by atoms with E-state index in [9.17, 15) is 4.79 Å². The summed E-state index contributed by atoms with van der Waals surface area (Å²) in [5, 5.41) is 6.41. The molecule has 0 spiro atoms. The van der Waals surface area contributed by atoms with Crippen molar-refractivity contribution in [1.29, 1.82) is 0 Å². The fraction of sp³-hybridized carbons (Fsp3) is 0.900. The van der Waals surface area contributed by atoms with E-state index in [0.29, 0.717) is 0 Å². The topological polar surface area (TPSA) is 41.1 Å². The molecule has 0 saturated heterocycles. The molecule has 0 heterocycles. The number of hydrogen-bond acceptors (Lipinski definition) is 2. The summed E-state index contributed by atoms with van der Waals surface area (Å²) in [7, 11) is 0. The molecule has 3 heteroatoms. The maximum Gasteiger partial charge on any atom is 0.208 e. The van der Waals surface area contributed by atoms with Gasteiger partial charge in [0.2, 0.25) is 6.41 Å². The Labute approximate surface area is 80.3 Å². The normalized spacial score (nSPS) is 21.5. The summed E-state index contributed by atoms with van der Waals surface area (Å²) in [4.78, 5) is 10.5. The average molecular weight is 184 g/mol. The highest BCUT2D eigenvalue weighted by Crippen LogP contribution is 2.28. The van der Waals surface area contributed by atoms with Gasteiger partial charge in [-0.05, 0) is 46.5 Å². The lowest BCUT2D eigenvalue weighted by Crippen LogP contribution is -2.60. The maximum atomic E-state index is 10.5. The number of hydrogen-bond donors (Lipinski definition) is 2. The summed E-state index contributed by atoms with van der Waals surface area (Å²) < 4.78 is 0. The molecule has 0 bridgehead atoms. The van der Waals surface area contributed by atoms with E-state index < -0.39 is 0 Å². The third-order valence-corrected chi connectivity index (χ3v) is 2.41. The van der Waals surface area contributed by atoms with Gasteiger partial charge in [0.25, 0.3) is 0 Å². The molecular weight excluding hydrogens is 164 g/mol. The Balaban J connectivity index is 2.61. The molecule has 1 rings (SSSR count). The van der Waals surface area contributed by atoms with Crippen LogP contribution in [0.5, 0.6) is 0 Å². The van der Waals surface area contributed by atoms with E-state index in [1.165, 1.54) is 12.8 Å². The Bertz CT molecular complexity index is 178. The average Bonchev–Trinajstić information content (AvgIpc) is 2.33. The van der Waals surface area contributed by atoms with Gasteiger partial charge in [-0.3, -0.25) is 10.1 Å². The second kappa shape index (κ2) is 3.66. The van der Waals surface area contributed by atoms with E-state index in [1.807, 2.05) is 0 Å². The maximum absolute atomic E-state index is 10.5. The summed E-state index contributed by atoms with van der Waals surface area (Å²) in [5.41, 5.74) is -0.0830. The first-order valence-electron chi connectivity index (χ1n) is 4.98. The minimum Gasteiger partial charge on any atom is -0.341 e. The predicted molar refractivity (Wildman–Crippen MR) is 53.3 cm³/mol. The van der Waals surface area contributed by atoms with Crippen molar-refractivity contribution in [3.05, 3.63) is 0 Å². The van der Waals surface area contributed by atoms with E-state index in [-0.39, 0.29) is 11.2 Å². The molecule has 1 amide bonds. The fourth-order valence-electron chi connectivity index (χ4n) is 2.11. The molecule has 0 aliphatic heterocycles. The Morgan fingerprint density at radius 1 is 1.23 bits per heavy atom. The van der Waals surface area contributed by atoms with Crippen LogP contribution in [0.4, 0.5) is 0 Å². The second-order valence-corrected chi connectivity index (χ2v) is 4.93. The zero-order chi connectivity index (χ0) is 9.95. The first kappa shape index (κ1) is 10.5. The lowest BCUT2D eigenvalue weighted by Gasteiger charge is -2.37.